The Morgan fingerprint density at radius 3 is 2.52 bits per heavy atom. The summed E-state index contributed by atoms with van der Waals surface area (Å²) in [7, 11) is 0. The van der Waals surface area contributed by atoms with Gasteiger partial charge in [0.2, 0.25) is 5.91 Å². The van der Waals surface area contributed by atoms with Crippen LogP contribution in [-0.2, 0) is 11.2 Å². The second-order valence-corrected chi connectivity index (χ2v) is 6.89. The molecule has 1 N–H and O–H groups in total. The van der Waals surface area contributed by atoms with Crippen molar-refractivity contribution in [1.29, 1.82) is 0 Å². The van der Waals surface area contributed by atoms with Crippen LogP contribution < -0.4 is 4.90 Å². The Balaban J connectivity index is 1.66. The number of nitrogens with zero attached hydrogens (tertiary/aromatic N) is 2. The highest BCUT2D eigenvalue weighted by Crippen LogP contribution is 2.31. The fourth-order valence-corrected chi connectivity index (χ4v) is 3.80. The number of fused-ring (bicyclic) bond motifs is 1. The van der Waals surface area contributed by atoms with E-state index in [-0.39, 0.29) is 5.91 Å². The van der Waals surface area contributed by atoms with E-state index < -0.39 is 6.10 Å². The van der Waals surface area contributed by atoms with Crippen molar-refractivity contribution in [2.45, 2.75) is 51.6 Å². The lowest BCUT2D eigenvalue weighted by Gasteiger charge is -2.27. The molecule has 1 amide bonds. The Labute approximate surface area is 139 Å². The van der Waals surface area contributed by atoms with Gasteiger partial charge in [-0.15, -0.1) is 0 Å². The molecule has 2 heterocycles. The van der Waals surface area contributed by atoms with E-state index >= 15 is 0 Å². The van der Waals surface area contributed by atoms with Crippen molar-refractivity contribution >= 4 is 11.6 Å². The fraction of sp³-hybridized carbons (Fsp3) is 0.632. The summed E-state index contributed by atoms with van der Waals surface area (Å²) < 4.78 is 0. The molecule has 23 heavy (non-hydrogen) atoms. The van der Waals surface area contributed by atoms with Crippen LogP contribution in [0.25, 0.3) is 0 Å². The van der Waals surface area contributed by atoms with Crippen molar-refractivity contribution < 1.29 is 9.90 Å². The van der Waals surface area contributed by atoms with E-state index in [0.29, 0.717) is 0 Å². The van der Waals surface area contributed by atoms with Gasteiger partial charge in [-0.3, -0.25) is 4.79 Å². The summed E-state index contributed by atoms with van der Waals surface area (Å²) in [5.74, 6) is 0.0951. The molecule has 2 aliphatic heterocycles. The normalized spacial score (nSPS) is 20.7. The number of amides is 1. The van der Waals surface area contributed by atoms with E-state index in [1.165, 1.54) is 37.7 Å². The Kier molecular flexibility index (Phi) is 5.34. The molecule has 1 fully saturated rings. The molecule has 0 bridgehead atoms. The number of hydrogen-bond donors (Lipinski definition) is 1. The quantitative estimate of drug-likeness (QED) is 0.932. The molecule has 1 atom stereocenters. The van der Waals surface area contributed by atoms with E-state index in [2.05, 4.69) is 11.0 Å². The van der Waals surface area contributed by atoms with Crippen LogP contribution in [0.3, 0.4) is 0 Å². The summed E-state index contributed by atoms with van der Waals surface area (Å²) in [6, 6.07) is 6.07. The molecule has 126 valence electrons. The first-order valence-electron chi connectivity index (χ1n) is 8.96. The maximum Gasteiger partial charge on any atom is 0.223 e. The predicted molar refractivity (Wildman–Crippen MR) is 92.7 cm³/mol. The van der Waals surface area contributed by atoms with Gasteiger partial charge in [0, 0.05) is 25.7 Å². The second kappa shape index (κ2) is 7.45. The Morgan fingerprint density at radius 2 is 1.83 bits per heavy atom. The average molecular weight is 316 g/mol. The predicted octanol–water partition coefficient (Wildman–Crippen LogP) is 2.90. The lowest BCUT2D eigenvalue weighted by molar-refractivity contribution is -0.116. The van der Waals surface area contributed by atoms with Crippen molar-refractivity contribution in [3.63, 3.8) is 0 Å². The van der Waals surface area contributed by atoms with E-state index in [1.807, 2.05) is 17.0 Å². The number of carbonyl (C=O) groups excluding carboxylic acids is 1. The molecule has 4 heteroatoms. The highest BCUT2D eigenvalue weighted by molar-refractivity contribution is 5.93. The monoisotopic (exact) mass is 316 g/mol. The molecule has 0 spiro atoms. The molecule has 1 saturated heterocycles. The molecule has 0 unspecified atom stereocenters. The minimum atomic E-state index is -0.439. The molecule has 1 aromatic carbocycles. The van der Waals surface area contributed by atoms with Gasteiger partial charge in [-0.2, -0.15) is 0 Å². The number of aliphatic hydroxyl groups is 1. The number of likely N-dealkylation sites (tertiary alicyclic amines) is 1. The number of hydrogen-bond acceptors (Lipinski definition) is 3. The first kappa shape index (κ1) is 16.5. The Hall–Kier alpha value is -1.39. The number of rotatable bonds is 3. The largest absolute Gasteiger partial charge is 0.387 e. The third kappa shape index (κ3) is 3.93. The highest BCUT2D eigenvalue weighted by atomic mass is 16.3. The molecule has 0 radical (unpaired) electrons. The van der Waals surface area contributed by atoms with Crippen molar-refractivity contribution in [2.24, 2.45) is 0 Å². The van der Waals surface area contributed by atoms with E-state index in [4.69, 9.17) is 0 Å². The smallest absolute Gasteiger partial charge is 0.223 e. The topological polar surface area (TPSA) is 43.8 Å². The summed E-state index contributed by atoms with van der Waals surface area (Å²) in [5, 5.41) is 10.6. The minimum Gasteiger partial charge on any atom is -0.387 e. The van der Waals surface area contributed by atoms with Crippen molar-refractivity contribution in [3.05, 3.63) is 29.3 Å². The zero-order valence-electron chi connectivity index (χ0n) is 14.1. The standard InChI is InChI=1S/C19H28N2O2/c1-15(22)21-12-9-16-13-17(7-8-18(16)21)19(23)14-20-10-5-3-2-4-6-11-20/h7-8,13,19,23H,2-6,9-12,14H2,1H3/t19-/m1/s1. The van der Waals surface area contributed by atoms with Crippen LogP contribution in [0.1, 0.15) is 56.3 Å². The molecule has 2 aliphatic rings. The summed E-state index contributed by atoms with van der Waals surface area (Å²) >= 11 is 0. The summed E-state index contributed by atoms with van der Waals surface area (Å²) in [4.78, 5) is 15.8. The summed E-state index contributed by atoms with van der Waals surface area (Å²) in [6.07, 6.45) is 6.91. The van der Waals surface area contributed by atoms with Gasteiger partial charge in [0.15, 0.2) is 0 Å². The molecule has 0 saturated carbocycles. The number of carbonyl (C=O) groups is 1. The maximum atomic E-state index is 11.6. The zero-order valence-corrected chi connectivity index (χ0v) is 14.1. The van der Waals surface area contributed by atoms with Crippen molar-refractivity contribution in [2.75, 3.05) is 31.1 Å². The van der Waals surface area contributed by atoms with Gasteiger partial charge >= 0.3 is 0 Å². The van der Waals surface area contributed by atoms with Crippen molar-refractivity contribution in [3.8, 4) is 0 Å². The summed E-state index contributed by atoms with van der Waals surface area (Å²) in [6.45, 7) is 5.28. The van der Waals surface area contributed by atoms with Gasteiger partial charge in [0.05, 0.1) is 6.10 Å². The van der Waals surface area contributed by atoms with Gasteiger partial charge in [0.1, 0.15) is 0 Å². The third-order valence-electron chi connectivity index (χ3n) is 5.14. The van der Waals surface area contributed by atoms with Crippen LogP contribution in [0.4, 0.5) is 5.69 Å². The van der Waals surface area contributed by atoms with Crippen LogP contribution in [0, 0.1) is 0 Å². The van der Waals surface area contributed by atoms with Crippen molar-refractivity contribution in [1.82, 2.24) is 4.90 Å². The van der Waals surface area contributed by atoms with Crippen LogP contribution in [0.5, 0.6) is 0 Å². The first-order chi connectivity index (χ1) is 11.1. The fourth-order valence-electron chi connectivity index (χ4n) is 3.80. The molecule has 3 rings (SSSR count). The first-order valence-corrected chi connectivity index (χ1v) is 8.96. The van der Waals surface area contributed by atoms with Crippen LogP contribution >= 0.6 is 0 Å². The van der Waals surface area contributed by atoms with Gasteiger partial charge in [-0.1, -0.05) is 31.4 Å². The SMILES string of the molecule is CC(=O)N1CCc2cc([C@H](O)CN3CCCCCCC3)ccc21. The number of aliphatic hydroxyl groups excluding tert-OH is 1. The lowest BCUT2D eigenvalue weighted by Crippen LogP contribution is -2.31. The van der Waals surface area contributed by atoms with Crippen LogP contribution in [0.15, 0.2) is 18.2 Å². The van der Waals surface area contributed by atoms with Gasteiger partial charge < -0.3 is 14.9 Å². The minimum absolute atomic E-state index is 0.0951. The number of anilines is 1. The van der Waals surface area contributed by atoms with E-state index in [1.54, 1.807) is 6.92 Å². The van der Waals surface area contributed by atoms with Crippen LogP contribution in [0.2, 0.25) is 0 Å². The molecule has 4 nitrogen and oxygen atoms in total. The number of β-amino-alcohol motifs (C(OH)–C–C–N with tert-alkyl or cyclic N) is 1. The summed E-state index contributed by atoms with van der Waals surface area (Å²) in [5.41, 5.74) is 3.18. The zero-order chi connectivity index (χ0) is 16.2. The third-order valence-corrected chi connectivity index (χ3v) is 5.14. The molecular weight excluding hydrogens is 288 g/mol. The van der Waals surface area contributed by atoms with Gasteiger partial charge in [-0.25, -0.2) is 0 Å². The average Bonchev–Trinajstić information content (AvgIpc) is 2.92. The number of benzene rings is 1. The van der Waals surface area contributed by atoms with E-state index in [0.717, 1.165) is 43.9 Å². The Bertz CT molecular complexity index is 550. The Morgan fingerprint density at radius 1 is 1.13 bits per heavy atom. The maximum absolute atomic E-state index is 11.6. The van der Waals surface area contributed by atoms with Crippen LogP contribution in [-0.4, -0.2) is 42.1 Å². The van der Waals surface area contributed by atoms with Gasteiger partial charge in [-0.05, 0) is 49.5 Å². The highest BCUT2D eigenvalue weighted by Gasteiger charge is 2.23. The second-order valence-electron chi connectivity index (χ2n) is 6.89. The molecular formula is C19H28N2O2. The molecule has 0 aliphatic carbocycles. The molecule has 0 aromatic heterocycles. The molecule has 1 aromatic rings. The lowest BCUT2D eigenvalue weighted by atomic mass is 10.0. The van der Waals surface area contributed by atoms with Gasteiger partial charge in [0.25, 0.3) is 0 Å². The van der Waals surface area contributed by atoms with E-state index in [9.17, 15) is 9.90 Å².